The molecule has 0 radical (unpaired) electrons. The minimum atomic E-state index is -3.54. The smallest absolute Gasteiger partial charge is 0.212 e. The molecule has 7 heteroatoms. The minimum Gasteiger partial charge on any atom is -0.293 e. The number of sulfonamides is 1. The molecule has 1 aromatic rings. The molecule has 0 amide bonds. The van der Waals surface area contributed by atoms with E-state index in [0.29, 0.717) is 0 Å². The second-order valence-corrected chi connectivity index (χ2v) is 8.40. The Morgan fingerprint density at radius 1 is 1.30 bits per heavy atom. The summed E-state index contributed by atoms with van der Waals surface area (Å²) < 4.78 is 40.4. The molecule has 1 fully saturated rings. The van der Waals surface area contributed by atoms with Gasteiger partial charge in [0, 0.05) is 5.02 Å². The Morgan fingerprint density at radius 3 is 2.61 bits per heavy atom. The molecular formula is C16H21ClFNO3S. The van der Waals surface area contributed by atoms with Gasteiger partial charge in [0.05, 0.1) is 17.9 Å². The summed E-state index contributed by atoms with van der Waals surface area (Å²) in [4.78, 5) is 12.1. The van der Waals surface area contributed by atoms with Gasteiger partial charge in [0.2, 0.25) is 10.0 Å². The molecule has 128 valence electrons. The summed E-state index contributed by atoms with van der Waals surface area (Å²) in [5.41, 5.74) is 0.0706. The van der Waals surface area contributed by atoms with Crippen molar-refractivity contribution in [3.8, 4) is 0 Å². The first-order valence-electron chi connectivity index (χ1n) is 7.74. The third-order valence-electron chi connectivity index (χ3n) is 4.15. The first-order chi connectivity index (χ1) is 10.8. The van der Waals surface area contributed by atoms with Crippen molar-refractivity contribution in [2.75, 3.05) is 12.3 Å². The van der Waals surface area contributed by atoms with Crippen LogP contribution in [0.5, 0.6) is 0 Å². The minimum absolute atomic E-state index is 0.0251. The molecule has 0 heterocycles. The van der Waals surface area contributed by atoms with Crippen LogP contribution in [0.3, 0.4) is 0 Å². The summed E-state index contributed by atoms with van der Waals surface area (Å²) in [6.07, 6.45) is 5.04. The van der Waals surface area contributed by atoms with Crippen LogP contribution in [0.4, 0.5) is 4.39 Å². The lowest BCUT2D eigenvalue weighted by Crippen LogP contribution is -2.34. The molecule has 1 aliphatic rings. The van der Waals surface area contributed by atoms with Crippen LogP contribution in [0.25, 0.3) is 0 Å². The summed E-state index contributed by atoms with van der Waals surface area (Å²) in [5, 5.41) is 0.248. The lowest BCUT2D eigenvalue weighted by molar-refractivity contribution is 0.0993. The predicted molar refractivity (Wildman–Crippen MR) is 88.8 cm³/mol. The number of carbonyl (C=O) groups is 1. The molecule has 2 rings (SSSR count). The van der Waals surface area contributed by atoms with E-state index in [9.17, 15) is 17.6 Å². The van der Waals surface area contributed by atoms with Crippen molar-refractivity contribution in [2.45, 2.75) is 39.0 Å². The van der Waals surface area contributed by atoms with Gasteiger partial charge in [-0.15, -0.1) is 0 Å². The number of benzene rings is 1. The number of hydrogen-bond donors (Lipinski definition) is 1. The number of aryl methyl sites for hydroxylation is 1. The molecule has 4 nitrogen and oxygen atoms in total. The number of rotatable bonds is 6. The maximum absolute atomic E-state index is 14.0. The van der Waals surface area contributed by atoms with Crippen molar-refractivity contribution in [3.63, 3.8) is 0 Å². The largest absolute Gasteiger partial charge is 0.293 e. The van der Waals surface area contributed by atoms with Crippen LogP contribution in [0, 0.1) is 18.7 Å². The quantitative estimate of drug-likeness (QED) is 0.789. The van der Waals surface area contributed by atoms with E-state index in [1.54, 1.807) is 0 Å². The van der Waals surface area contributed by atoms with Crippen LogP contribution < -0.4 is 4.72 Å². The van der Waals surface area contributed by atoms with E-state index >= 15 is 0 Å². The fourth-order valence-electron chi connectivity index (χ4n) is 2.92. The Morgan fingerprint density at radius 2 is 1.96 bits per heavy atom. The zero-order valence-corrected chi connectivity index (χ0v) is 14.6. The van der Waals surface area contributed by atoms with Crippen molar-refractivity contribution in [1.82, 2.24) is 4.72 Å². The summed E-state index contributed by atoms with van der Waals surface area (Å²) in [6.45, 7) is 1.05. The molecule has 0 spiro atoms. The molecular weight excluding hydrogens is 341 g/mol. The maximum Gasteiger partial charge on any atom is 0.212 e. The van der Waals surface area contributed by atoms with Gasteiger partial charge < -0.3 is 0 Å². The van der Waals surface area contributed by atoms with E-state index in [0.717, 1.165) is 32.1 Å². The van der Waals surface area contributed by atoms with Gasteiger partial charge in [-0.25, -0.2) is 17.5 Å². The van der Waals surface area contributed by atoms with Gasteiger partial charge in [-0.2, -0.15) is 0 Å². The summed E-state index contributed by atoms with van der Waals surface area (Å²) >= 11 is 5.83. The number of nitrogens with one attached hydrogen (secondary N) is 1. The van der Waals surface area contributed by atoms with Crippen LogP contribution in [0.15, 0.2) is 12.1 Å². The zero-order chi connectivity index (χ0) is 17.0. The van der Waals surface area contributed by atoms with Crippen LogP contribution in [-0.4, -0.2) is 26.5 Å². The zero-order valence-electron chi connectivity index (χ0n) is 13.1. The first-order valence-corrected chi connectivity index (χ1v) is 9.78. The molecule has 0 aliphatic heterocycles. The number of halogens is 2. The van der Waals surface area contributed by atoms with Crippen LogP contribution in [0.2, 0.25) is 5.02 Å². The average molecular weight is 362 g/mol. The number of ketones is 1. The van der Waals surface area contributed by atoms with Crippen molar-refractivity contribution >= 4 is 27.4 Å². The van der Waals surface area contributed by atoms with Crippen LogP contribution in [-0.2, 0) is 10.0 Å². The van der Waals surface area contributed by atoms with Crippen molar-refractivity contribution < 1.29 is 17.6 Å². The van der Waals surface area contributed by atoms with E-state index in [1.807, 2.05) is 0 Å². The summed E-state index contributed by atoms with van der Waals surface area (Å²) in [6, 6.07) is 2.64. The molecule has 0 bridgehead atoms. The van der Waals surface area contributed by atoms with Gasteiger partial charge >= 0.3 is 0 Å². The standard InChI is InChI=1S/C16H21ClFNO3S/c1-11-7-13(17)8-14(16(11)18)15(20)9-19-23(21,22)10-12-5-3-2-4-6-12/h7-8,12,19H,2-6,9-10H2,1H3. The fraction of sp³-hybridized carbons (Fsp3) is 0.562. The van der Waals surface area contributed by atoms with Crippen molar-refractivity contribution in [3.05, 3.63) is 34.1 Å². The van der Waals surface area contributed by atoms with Crippen LogP contribution in [0.1, 0.15) is 48.0 Å². The molecule has 0 saturated heterocycles. The normalized spacial score (nSPS) is 16.5. The molecule has 1 N–H and O–H groups in total. The summed E-state index contributed by atoms with van der Waals surface area (Å²) in [7, 11) is -3.54. The predicted octanol–water partition coefficient (Wildman–Crippen LogP) is 3.47. The third kappa shape index (κ3) is 5.26. The van der Waals surface area contributed by atoms with Gasteiger partial charge in [-0.1, -0.05) is 30.9 Å². The Kier molecular flexibility index (Phi) is 6.17. The van der Waals surface area contributed by atoms with Gasteiger partial charge in [-0.3, -0.25) is 4.79 Å². The topological polar surface area (TPSA) is 63.2 Å². The molecule has 1 saturated carbocycles. The number of hydrogen-bond acceptors (Lipinski definition) is 3. The van der Waals surface area contributed by atoms with E-state index in [1.165, 1.54) is 19.1 Å². The molecule has 0 aromatic heterocycles. The van der Waals surface area contributed by atoms with Gasteiger partial charge in [0.15, 0.2) is 5.78 Å². The first kappa shape index (κ1) is 18.4. The van der Waals surface area contributed by atoms with E-state index in [-0.39, 0.29) is 27.8 Å². The lowest BCUT2D eigenvalue weighted by atomic mass is 9.91. The lowest BCUT2D eigenvalue weighted by Gasteiger charge is -2.21. The molecule has 23 heavy (non-hydrogen) atoms. The second-order valence-electron chi connectivity index (χ2n) is 6.11. The number of carbonyl (C=O) groups excluding carboxylic acids is 1. The summed E-state index contributed by atoms with van der Waals surface area (Å²) in [5.74, 6) is -1.12. The highest BCUT2D eigenvalue weighted by atomic mass is 35.5. The highest BCUT2D eigenvalue weighted by molar-refractivity contribution is 7.89. The SMILES string of the molecule is Cc1cc(Cl)cc(C(=O)CNS(=O)(=O)CC2CCCCC2)c1F. The third-order valence-corrected chi connectivity index (χ3v) is 5.86. The highest BCUT2D eigenvalue weighted by Gasteiger charge is 2.23. The molecule has 1 aromatic carbocycles. The monoisotopic (exact) mass is 361 g/mol. The highest BCUT2D eigenvalue weighted by Crippen LogP contribution is 2.24. The fourth-order valence-corrected chi connectivity index (χ4v) is 4.62. The van der Waals surface area contributed by atoms with E-state index in [2.05, 4.69) is 4.72 Å². The maximum atomic E-state index is 14.0. The van der Waals surface area contributed by atoms with Gasteiger partial charge in [-0.05, 0) is 43.4 Å². The Hall–Kier alpha value is -0.980. The van der Waals surface area contributed by atoms with Crippen molar-refractivity contribution in [1.29, 1.82) is 0 Å². The van der Waals surface area contributed by atoms with Gasteiger partial charge in [0.25, 0.3) is 0 Å². The average Bonchev–Trinajstić information content (AvgIpc) is 2.49. The molecule has 1 aliphatic carbocycles. The Bertz CT molecular complexity index is 685. The van der Waals surface area contributed by atoms with E-state index < -0.39 is 28.2 Å². The van der Waals surface area contributed by atoms with E-state index in [4.69, 9.17) is 11.6 Å². The van der Waals surface area contributed by atoms with Gasteiger partial charge in [0.1, 0.15) is 5.82 Å². The Balaban J connectivity index is 1.98. The number of Topliss-reactive ketones (excluding diaryl/α,β-unsaturated/α-hetero) is 1. The second kappa shape index (κ2) is 7.73. The van der Waals surface area contributed by atoms with Crippen molar-refractivity contribution in [2.24, 2.45) is 5.92 Å². The molecule has 0 atom stereocenters. The Labute approximate surface area is 141 Å². The van der Waals surface area contributed by atoms with Crippen LogP contribution >= 0.6 is 11.6 Å². The molecule has 0 unspecified atom stereocenters.